The van der Waals surface area contributed by atoms with Gasteiger partial charge in [-0.05, 0) is 24.3 Å². The Bertz CT molecular complexity index is 706. The predicted molar refractivity (Wildman–Crippen MR) is 83.0 cm³/mol. The lowest BCUT2D eigenvalue weighted by atomic mass is 10.3. The summed E-state index contributed by atoms with van der Waals surface area (Å²) >= 11 is 7.00. The van der Waals surface area contributed by atoms with Crippen molar-refractivity contribution < 1.29 is 9.72 Å². The minimum absolute atomic E-state index is 0.0647. The van der Waals surface area contributed by atoms with Gasteiger partial charge in [0.25, 0.3) is 5.69 Å². The number of benzene rings is 2. The Balaban J connectivity index is 2.39. The summed E-state index contributed by atoms with van der Waals surface area (Å²) in [6.45, 7) is 1.41. The van der Waals surface area contributed by atoms with Crippen molar-refractivity contribution in [3.8, 4) is 0 Å². The molecule has 2 rings (SSSR count). The highest BCUT2D eigenvalue weighted by Crippen LogP contribution is 2.39. The molecule has 0 saturated carbocycles. The first-order valence-corrected chi connectivity index (χ1v) is 7.15. The zero-order valence-electron chi connectivity index (χ0n) is 11.0. The van der Waals surface area contributed by atoms with E-state index in [2.05, 4.69) is 5.32 Å². The number of nitro benzene ring substituents is 1. The van der Waals surface area contributed by atoms with Gasteiger partial charge >= 0.3 is 0 Å². The third-order valence-electron chi connectivity index (χ3n) is 2.54. The monoisotopic (exact) mass is 322 g/mol. The summed E-state index contributed by atoms with van der Waals surface area (Å²) in [6, 6.07) is 11.6. The van der Waals surface area contributed by atoms with Crippen LogP contribution in [0.3, 0.4) is 0 Å². The molecule has 0 unspecified atom stereocenters. The molecule has 21 heavy (non-hydrogen) atoms. The van der Waals surface area contributed by atoms with Crippen LogP contribution < -0.4 is 5.32 Å². The molecule has 5 nitrogen and oxygen atoms in total. The first-order valence-electron chi connectivity index (χ1n) is 5.96. The SMILES string of the molecule is CC(=O)Nc1ccccc1Sc1ccc(Cl)cc1[N+](=O)[O-]. The molecule has 2 aromatic rings. The van der Waals surface area contributed by atoms with E-state index < -0.39 is 4.92 Å². The van der Waals surface area contributed by atoms with E-state index in [9.17, 15) is 14.9 Å². The van der Waals surface area contributed by atoms with Crippen molar-refractivity contribution in [2.75, 3.05) is 5.32 Å². The molecule has 0 spiro atoms. The smallest absolute Gasteiger partial charge is 0.284 e. The van der Waals surface area contributed by atoms with Crippen molar-refractivity contribution in [1.82, 2.24) is 0 Å². The Morgan fingerprint density at radius 3 is 2.62 bits per heavy atom. The number of hydrogen-bond donors (Lipinski definition) is 1. The average molecular weight is 323 g/mol. The van der Waals surface area contributed by atoms with E-state index in [4.69, 9.17) is 11.6 Å². The van der Waals surface area contributed by atoms with Crippen LogP contribution in [0.25, 0.3) is 0 Å². The number of nitrogens with zero attached hydrogens (tertiary/aromatic N) is 1. The number of para-hydroxylation sites is 1. The summed E-state index contributed by atoms with van der Waals surface area (Å²) < 4.78 is 0. The predicted octanol–water partition coefficient (Wildman–Crippen LogP) is 4.36. The van der Waals surface area contributed by atoms with Crippen LogP contribution in [0.1, 0.15) is 6.92 Å². The van der Waals surface area contributed by atoms with Gasteiger partial charge in [-0.3, -0.25) is 14.9 Å². The molecule has 7 heteroatoms. The Morgan fingerprint density at radius 1 is 1.24 bits per heavy atom. The molecule has 0 aromatic heterocycles. The number of anilines is 1. The van der Waals surface area contributed by atoms with E-state index in [0.717, 1.165) is 4.90 Å². The first-order chi connectivity index (χ1) is 9.97. The van der Waals surface area contributed by atoms with Crippen LogP contribution in [0, 0.1) is 10.1 Å². The summed E-state index contributed by atoms with van der Waals surface area (Å²) in [5, 5.41) is 14.1. The highest BCUT2D eigenvalue weighted by molar-refractivity contribution is 7.99. The third-order valence-corrected chi connectivity index (χ3v) is 3.91. The number of nitrogens with one attached hydrogen (secondary N) is 1. The molecule has 1 amide bonds. The maximum Gasteiger partial charge on any atom is 0.284 e. The number of amides is 1. The number of nitro groups is 1. The molecule has 0 fully saturated rings. The van der Waals surface area contributed by atoms with E-state index in [0.29, 0.717) is 15.6 Å². The maximum absolute atomic E-state index is 11.2. The number of hydrogen-bond acceptors (Lipinski definition) is 4. The second kappa shape index (κ2) is 6.60. The minimum atomic E-state index is -0.477. The van der Waals surface area contributed by atoms with Gasteiger partial charge in [-0.15, -0.1) is 0 Å². The number of halogens is 1. The van der Waals surface area contributed by atoms with E-state index >= 15 is 0 Å². The molecule has 0 bridgehead atoms. The van der Waals surface area contributed by atoms with Crippen molar-refractivity contribution >= 4 is 40.6 Å². The molecule has 0 heterocycles. The summed E-state index contributed by atoms with van der Waals surface area (Å²) in [6.07, 6.45) is 0. The minimum Gasteiger partial charge on any atom is -0.325 e. The Morgan fingerprint density at radius 2 is 1.95 bits per heavy atom. The van der Waals surface area contributed by atoms with Gasteiger partial charge in [0.2, 0.25) is 5.91 Å². The first kappa shape index (κ1) is 15.3. The van der Waals surface area contributed by atoms with Gasteiger partial charge in [-0.2, -0.15) is 0 Å². The van der Waals surface area contributed by atoms with Gasteiger partial charge in [-0.25, -0.2) is 0 Å². The van der Waals surface area contributed by atoms with Crippen LogP contribution in [0.2, 0.25) is 5.02 Å². The normalized spacial score (nSPS) is 10.2. The highest BCUT2D eigenvalue weighted by atomic mass is 35.5. The molecular formula is C14H11ClN2O3S. The van der Waals surface area contributed by atoms with Crippen LogP contribution in [0.15, 0.2) is 52.3 Å². The van der Waals surface area contributed by atoms with Gasteiger partial charge in [0.05, 0.1) is 15.5 Å². The zero-order chi connectivity index (χ0) is 15.4. The molecule has 0 radical (unpaired) electrons. The van der Waals surface area contributed by atoms with Gasteiger partial charge in [0, 0.05) is 22.9 Å². The number of carbonyl (C=O) groups excluding carboxylic acids is 1. The van der Waals surface area contributed by atoms with Gasteiger partial charge in [0.15, 0.2) is 0 Å². The van der Waals surface area contributed by atoms with E-state index in [-0.39, 0.29) is 11.6 Å². The molecule has 0 aliphatic heterocycles. The van der Waals surface area contributed by atoms with Crippen molar-refractivity contribution in [2.45, 2.75) is 16.7 Å². The van der Waals surface area contributed by atoms with Crippen LogP contribution >= 0.6 is 23.4 Å². The van der Waals surface area contributed by atoms with Crippen molar-refractivity contribution in [3.63, 3.8) is 0 Å². The largest absolute Gasteiger partial charge is 0.325 e. The Hall–Kier alpha value is -2.05. The second-order valence-corrected chi connectivity index (χ2v) is 5.67. The lowest BCUT2D eigenvalue weighted by molar-refractivity contribution is -0.387. The van der Waals surface area contributed by atoms with Gasteiger partial charge in [0.1, 0.15) is 0 Å². The molecule has 0 atom stereocenters. The summed E-state index contributed by atoms with van der Waals surface area (Å²) in [4.78, 5) is 23.0. The van der Waals surface area contributed by atoms with Crippen LogP contribution in [0.4, 0.5) is 11.4 Å². The quantitative estimate of drug-likeness (QED) is 0.670. The summed E-state index contributed by atoms with van der Waals surface area (Å²) in [5.41, 5.74) is 0.546. The fourth-order valence-corrected chi connectivity index (χ4v) is 2.84. The molecular weight excluding hydrogens is 312 g/mol. The van der Waals surface area contributed by atoms with Crippen molar-refractivity contribution in [3.05, 3.63) is 57.6 Å². The Kier molecular flexibility index (Phi) is 4.82. The van der Waals surface area contributed by atoms with E-state index in [1.807, 2.05) is 0 Å². The van der Waals surface area contributed by atoms with Gasteiger partial charge in [-0.1, -0.05) is 35.5 Å². The molecule has 108 valence electrons. The van der Waals surface area contributed by atoms with Crippen LogP contribution in [-0.2, 0) is 4.79 Å². The van der Waals surface area contributed by atoms with Crippen LogP contribution in [0.5, 0.6) is 0 Å². The molecule has 0 aliphatic carbocycles. The molecule has 1 N–H and O–H groups in total. The van der Waals surface area contributed by atoms with Crippen molar-refractivity contribution in [2.24, 2.45) is 0 Å². The van der Waals surface area contributed by atoms with Gasteiger partial charge < -0.3 is 5.32 Å². The topological polar surface area (TPSA) is 72.2 Å². The van der Waals surface area contributed by atoms with E-state index in [1.165, 1.54) is 24.8 Å². The zero-order valence-corrected chi connectivity index (χ0v) is 12.6. The summed E-state index contributed by atoms with van der Waals surface area (Å²) in [5.74, 6) is -0.200. The fraction of sp³-hybridized carbons (Fsp3) is 0.0714. The lowest BCUT2D eigenvalue weighted by Gasteiger charge is -2.09. The standard InChI is InChI=1S/C14H11ClN2O3S/c1-9(18)16-11-4-2-3-5-13(11)21-14-7-6-10(15)8-12(14)17(19)20/h2-8H,1H3,(H,16,18). The highest BCUT2D eigenvalue weighted by Gasteiger charge is 2.16. The number of rotatable bonds is 4. The van der Waals surface area contributed by atoms with Crippen LogP contribution in [-0.4, -0.2) is 10.8 Å². The summed E-state index contributed by atoms with van der Waals surface area (Å²) in [7, 11) is 0. The maximum atomic E-state index is 11.2. The number of carbonyl (C=O) groups is 1. The third kappa shape index (κ3) is 3.96. The second-order valence-electron chi connectivity index (χ2n) is 4.15. The lowest BCUT2D eigenvalue weighted by Crippen LogP contribution is -2.06. The molecule has 0 aliphatic rings. The Labute approximate surface area is 130 Å². The van der Waals surface area contributed by atoms with E-state index in [1.54, 1.807) is 36.4 Å². The fourth-order valence-electron chi connectivity index (χ4n) is 1.69. The molecule has 2 aromatic carbocycles. The molecule has 0 saturated heterocycles. The van der Waals surface area contributed by atoms with Crippen molar-refractivity contribution in [1.29, 1.82) is 0 Å². The average Bonchev–Trinajstić information content (AvgIpc) is 2.42.